The molecule has 1 aliphatic rings. The van der Waals surface area contributed by atoms with E-state index in [0.29, 0.717) is 6.61 Å². The second-order valence-corrected chi connectivity index (χ2v) is 9.52. The van der Waals surface area contributed by atoms with Crippen LogP contribution in [-0.2, 0) is 16.7 Å². The number of rotatable bonds is 9. The second-order valence-electron chi connectivity index (χ2n) is 8.49. The van der Waals surface area contributed by atoms with Gasteiger partial charge in [0, 0.05) is 40.9 Å². The SMILES string of the molecule is CCOC(CO)C1(CCc2cccs2)CCN(C(C)(C)c2ccc(C)nc2)C1. The van der Waals surface area contributed by atoms with Crippen molar-refractivity contribution in [3.63, 3.8) is 0 Å². The molecule has 2 unspecified atom stereocenters. The number of hydrogen-bond donors (Lipinski definition) is 1. The molecule has 5 heteroatoms. The van der Waals surface area contributed by atoms with Gasteiger partial charge in [0.05, 0.1) is 12.7 Å². The van der Waals surface area contributed by atoms with Crippen LogP contribution in [0.25, 0.3) is 0 Å². The Labute approximate surface area is 173 Å². The molecule has 2 atom stereocenters. The summed E-state index contributed by atoms with van der Waals surface area (Å²) in [6, 6.07) is 8.61. The van der Waals surface area contributed by atoms with E-state index in [4.69, 9.17) is 4.74 Å². The molecule has 2 aromatic rings. The average molecular weight is 403 g/mol. The maximum Gasteiger partial charge on any atom is 0.0874 e. The third kappa shape index (κ3) is 4.48. The largest absolute Gasteiger partial charge is 0.394 e. The van der Waals surface area contributed by atoms with Crippen molar-refractivity contribution in [2.24, 2.45) is 5.41 Å². The summed E-state index contributed by atoms with van der Waals surface area (Å²) >= 11 is 1.82. The van der Waals surface area contributed by atoms with Crippen molar-refractivity contribution in [3.05, 3.63) is 52.0 Å². The van der Waals surface area contributed by atoms with Gasteiger partial charge in [-0.25, -0.2) is 0 Å². The minimum absolute atomic E-state index is 0.0237. The minimum atomic E-state index is -0.116. The molecule has 1 fully saturated rings. The first kappa shape index (κ1) is 21.4. The predicted octanol–water partition coefficient (Wildman–Crippen LogP) is 4.41. The Kier molecular flexibility index (Phi) is 6.92. The average Bonchev–Trinajstić information content (AvgIpc) is 3.35. The fraction of sp³-hybridized carbons (Fsp3) is 0.609. The van der Waals surface area contributed by atoms with Crippen molar-refractivity contribution in [1.82, 2.24) is 9.88 Å². The summed E-state index contributed by atoms with van der Waals surface area (Å²) in [6.07, 6.45) is 5.02. The lowest BCUT2D eigenvalue weighted by Crippen LogP contribution is -2.46. The standard InChI is InChI=1S/C23H34N2O2S/c1-5-27-21(16-26)23(11-10-20-7-6-14-28-20)12-13-25(17-23)22(3,4)19-9-8-18(2)24-15-19/h6-9,14-15,21,26H,5,10-13,16-17H2,1-4H3. The molecule has 1 aliphatic heterocycles. The van der Waals surface area contributed by atoms with Crippen LogP contribution in [0.15, 0.2) is 35.8 Å². The number of aryl methyl sites for hydroxylation is 2. The van der Waals surface area contributed by atoms with Crippen LogP contribution in [0.1, 0.15) is 49.7 Å². The van der Waals surface area contributed by atoms with Gasteiger partial charge in [0.15, 0.2) is 0 Å². The molecule has 1 N–H and O–H groups in total. The Morgan fingerprint density at radius 1 is 1.36 bits per heavy atom. The van der Waals surface area contributed by atoms with E-state index in [9.17, 15) is 5.11 Å². The summed E-state index contributed by atoms with van der Waals surface area (Å²) in [5.74, 6) is 0. The summed E-state index contributed by atoms with van der Waals surface area (Å²) in [6.45, 7) is 11.3. The molecular weight excluding hydrogens is 368 g/mol. The zero-order chi connectivity index (χ0) is 20.2. The molecule has 0 amide bonds. The number of hydrogen-bond acceptors (Lipinski definition) is 5. The zero-order valence-electron chi connectivity index (χ0n) is 17.6. The normalized spacial score (nSPS) is 21.9. The van der Waals surface area contributed by atoms with Gasteiger partial charge >= 0.3 is 0 Å². The van der Waals surface area contributed by atoms with E-state index in [1.165, 1.54) is 10.4 Å². The number of likely N-dealkylation sites (tertiary alicyclic amines) is 1. The van der Waals surface area contributed by atoms with Crippen LogP contribution >= 0.6 is 11.3 Å². The van der Waals surface area contributed by atoms with Gasteiger partial charge in [0.1, 0.15) is 0 Å². The van der Waals surface area contributed by atoms with Crippen LogP contribution < -0.4 is 0 Å². The Morgan fingerprint density at radius 2 is 2.18 bits per heavy atom. The summed E-state index contributed by atoms with van der Waals surface area (Å²) < 4.78 is 6.05. The molecule has 0 radical (unpaired) electrons. The molecule has 3 rings (SSSR count). The van der Waals surface area contributed by atoms with Gasteiger partial charge in [-0.3, -0.25) is 9.88 Å². The topological polar surface area (TPSA) is 45.6 Å². The third-order valence-electron chi connectivity index (χ3n) is 6.46. The Bertz CT molecular complexity index is 730. The minimum Gasteiger partial charge on any atom is -0.394 e. The van der Waals surface area contributed by atoms with Crippen LogP contribution in [0.4, 0.5) is 0 Å². The Morgan fingerprint density at radius 3 is 2.79 bits per heavy atom. The molecule has 4 nitrogen and oxygen atoms in total. The molecule has 0 aromatic carbocycles. The lowest BCUT2D eigenvalue weighted by atomic mass is 9.76. The van der Waals surface area contributed by atoms with Gasteiger partial charge in [-0.1, -0.05) is 12.1 Å². The van der Waals surface area contributed by atoms with Crippen LogP contribution in [0, 0.1) is 12.3 Å². The molecular formula is C23H34N2O2S. The molecule has 154 valence electrons. The first-order valence-corrected chi connectivity index (χ1v) is 11.2. The predicted molar refractivity (Wildman–Crippen MR) is 116 cm³/mol. The summed E-state index contributed by atoms with van der Waals surface area (Å²) in [5.41, 5.74) is 2.16. The van der Waals surface area contributed by atoms with Crippen molar-refractivity contribution in [2.45, 2.75) is 58.6 Å². The monoisotopic (exact) mass is 402 g/mol. The highest BCUT2D eigenvalue weighted by Crippen LogP contribution is 2.44. The number of aliphatic hydroxyl groups excluding tert-OH is 1. The van der Waals surface area contributed by atoms with Gasteiger partial charge in [-0.15, -0.1) is 11.3 Å². The smallest absolute Gasteiger partial charge is 0.0874 e. The van der Waals surface area contributed by atoms with E-state index in [1.54, 1.807) is 0 Å². The number of pyridine rings is 1. The summed E-state index contributed by atoms with van der Waals surface area (Å²) in [5, 5.41) is 12.3. The lowest BCUT2D eigenvalue weighted by molar-refractivity contribution is -0.0684. The fourth-order valence-electron chi connectivity index (χ4n) is 4.46. The van der Waals surface area contributed by atoms with E-state index >= 15 is 0 Å². The number of ether oxygens (including phenoxy) is 1. The first-order chi connectivity index (χ1) is 13.4. The molecule has 3 heterocycles. The van der Waals surface area contributed by atoms with Gasteiger partial charge in [-0.2, -0.15) is 0 Å². The summed E-state index contributed by atoms with van der Waals surface area (Å²) in [4.78, 5) is 8.48. The third-order valence-corrected chi connectivity index (χ3v) is 7.40. The van der Waals surface area contributed by atoms with E-state index in [-0.39, 0.29) is 23.7 Å². The van der Waals surface area contributed by atoms with Crippen LogP contribution in [0.2, 0.25) is 0 Å². The highest BCUT2D eigenvalue weighted by Gasteiger charge is 2.48. The quantitative estimate of drug-likeness (QED) is 0.675. The van der Waals surface area contributed by atoms with Crippen molar-refractivity contribution >= 4 is 11.3 Å². The first-order valence-electron chi connectivity index (χ1n) is 10.3. The van der Waals surface area contributed by atoms with Crippen LogP contribution in [0.5, 0.6) is 0 Å². The molecule has 0 bridgehead atoms. The van der Waals surface area contributed by atoms with E-state index in [1.807, 2.05) is 31.4 Å². The Balaban J connectivity index is 1.82. The number of nitrogens with zero attached hydrogens (tertiary/aromatic N) is 2. The van der Waals surface area contributed by atoms with Crippen molar-refractivity contribution in [2.75, 3.05) is 26.3 Å². The maximum atomic E-state index is 10.1. The van der Waals surface area contributed by atoms with Gasteiger partial charge in [-0.05, 0) is 76.6 Å². The molecule has 0 saturated carbocycles. The molecule has 0 spiro atoms. The molecule has 2 aromatic heterocycles. The van der Waals surface area contributed by atoms with Gasteiger partial charge in [0.25, 0.3) is 0 Å². The van der Waals surface area contributed by atoms with E-state index < -0.39 is 0 Å². The van der Waals surface area contributed by atoms with Crippen LogP contribution in [-0.4, -0.2) is 47.4 Å². The number of thiophene rings is 1. The van der Waals surface area contributed by atoms with Crippen molar-refractivity contribution in [1.29, 1.82) is 0 Å². The fourth-order valence-corrected chi connectivity index (χ4v) is 5.17. The number of aliphatic hydroxyl groups is 1. The highest BCUT2D eigenvalue weighted by atomic mass is 32.1. The Hall–Kier alpha value is -1.27. The van der Waals surface area contributed by atoms with E-state index in [2.05, 4.69) is 53.4 Å². The lowest BCUT2D eigenvalue weighted by Gasteiger charge is -2.40. The number of aromatic nitrogens is 1. The van der Waals surface area contributed by atoms with Gasteiger partial charge in [0.2, 0.25) is 0 Å². The molecule has 0 aliphatic carbocycles. The van der Waals surface area contributed by atoms with Crippen molar-refractivity contribution in [3.8, 4) is 0 Å². The van der Waals surface area contributed by atoms with Gasteiger partial charge < -0.3 is 9.84 Å². The van der Waals surface area contributed by atoms with Crippen LogP contribution in [0.3, 0.4) is 0 Å². The highest BCUT2D eigenvalue weighted by molar-refractivity contribution is 7.09. The van der Waals surface area contributed by atoms with E-state index in [0.717, 1.165) is 38.0 Å². The van der Waals surface area contributed by atoms with Crippen molar-refractivity contribution < 1.29 is 9.84 Å². The summed E-state index contributed by atoms with van der Waals surface area (Å²) in [7, 11) is 0. The second kappa shape index (κ2) is 9.04. The zero-order valence-corrected chi connectivity index (χ0v) is 18.5. The maximum absolute atomic E-state index is 10.1. The molecule has 28 heavy (non-hydrogen) atoms. The molecule has 1 saturated heterocycles.